The van der Waals surface area contributed by atoms with Gasteiger partial charge in [0.15, 0.2) is 0 Å². The minimum Gasteiger partial charge on any atom is -0.449 e. The van der Waals surface area contributed by atoms with E-state index in [1.54, 1.807) is 36.4 Å². The number of unbranched alkanes of at least 4 members (excludes halogenated alkanes) is 13. The first-order valence-electron chi connectivity index (χ1n) is 14.7. The molecule has 222 valence electrons. The number of sulfonamides is 1. The van der Waals surface area contributed by atoms with Gasteiger partial charge >= 0.3 is 12.1 Å². The third kappa shape index (κ3) is 14.4. The maximum absolute atomic E-state index is 12.3. The van der Waals surface area contributed by atoms with Gasteiger partial charge in [0, 0.05) is 11.4 Å². The Labute approximate surface area is 240 Å². The van der Waals surface area contributed by atoms with Crippen LogP contribution >= 0.6 is 0 Å². The van der Waals surface area contributed by atoms with Gasteiger partial charge in [-0.3, -0.25) is 5.32 Å². The zero-order valence-electron chi connectivity index (χ0n) is 24.2. The number of amides is 3. The van der Waals surface area contributed by atoms with Crippen molar-refractivity contribution in [3.8, 4) is 0 Å². The highest BCUT2D eigenvalue weighted by Gasteiger charge is 2.17. The fourth-order valence-electron chi connectivity index (χ4n) is 4.31. The standard InChI is InChI=1S/C31H47N3O5S/c1-3-4-5-6-7-8-9-10-11-12-13-14-15-16-25-39-31(36)33-28-21-19-27(20-22-28)32-30(35)34-40(37,38)29-23-17-26(2)18-24-29/h17-24H,3-16,25H2,1-2H3,(H,33,36)(H2,32,34,35). The molecule has 0 bridgehead atoms. The number of urea groups is 1. The Morgan fingerprint density at radius 1 is 0.650 bits per heavy atom. The second-order valence-electron chi connectivity index (χ2n) is 10.3. The van der Waals surface area contributed by atoms with E-state index in [0.717, 1.165) is 24.8 Å². The molecule has 0 atom stereocenters. The number of benzene rings is 2. The summed E-state index contributed by atoms with van der Waals surface area (Å²) in [6.45, 7) is 4.47. The Morgan fingerprint density at radius 3 is 1.60 bits per heavy atom. The Morgan fingerprint density at radius 2 is 1.10 bits per heavy atom. The van der Waals surface area contributed by atoms with Crippen molar-refractivity contribution in [2.45, 2.75) is 109 Å². The monoisotopic (exact) mass is 573 g/mol. The summed E-state index contributed by atoms with van der Waals surface area (Å²) in [6, 6.07) is 11.6. The molecule has 0 aliphatic rings. The first kappa shape index (κ1) is 33.1. The van der Waals surface area contributed by atoms with Gasteiger partial charge in [-0.25, -0.2) is 22.7 Å². The number of carbonyl (C=O) groups is 2. The van der Waals surface area contributed by atoms with E-state index in [1.807, 2.05) is 11.6 Å². The first-order chi connectivity index (χ1) is 19.3. The topological polar surface area (TPSA) is 114 Å². The van der Waals surface area contributed by atoms with Crippen molar-refractivity contribution in [1.82, 2.24) is 4.72 Å². The average molecular weight is 574 g/mol. The summed E-state index contributed by atoms with van der Waals surface area (Å²) < 4.78 is 31.9. The lowest BCUT2D eigenvalue weighted by molar-refractivity contribution is 0.159. The van der Waals surface area contributed by atoms with Crippen LogP contribution in [0.25, 0.3) is 0 Å². The Bertz CT molecular complexity index is 1100. The number of ether oxygens (including phenoxy) is 1. The van der Waals surface area contributed by atoms with Crippen molar-refractivity contribution in [2.24, 2.45) is 0 Å². The Balaban J connectivity index is 1.52. The van der Waals surface area contributed by atoms with E-state index in [-0.39, 0.29) is 4.90 Å². The summed E-state index contributed by atoms with van der Waals surface area (Å²) in [5.41, 5.74) is 1.79. The van der Waals surface area contributed by atoms with Crippen LogP contribution in [0.1, 0.15) is 102 Å². The molecule has 40 heavy (non-hydrogen) atoms. The minimum absolute atomic E-state index is 0.000365. The van der Waals surface area contributed by atoms with Crippen molar-refractivity contribution < 1.29 is 22.7 Å². The van der Waals surface area contributed by atoms with Crippen LogP contribution in [0.15, 0.2) is 53.4 Å². The molecule has 0 spiro atoms. The summed E-state index contributed by atoms with van der Waals surface area (Å²) in [5.74, 6) is 0. The number of anilines is 2. The molecule has 2 aromatic carbocycles. The van der Waals surface area contributed by atoms with Gasteiger partial charge in [-0.05, 0) is 49.7 Å². The van der Waals surface area contributed by atoms with E-state index in [0.29, 0.717) is 18.0 Å². The molecule has 0 aliphatic heterocycles. The largest absolute Gasteiger partial charge is 0.449 e. The van der Waals surface area contributed by atoms with E-state index in [1.165, 1.54) is 82.8 Å². The highest BCUT2D eigenvalue weighted by atomic mass is 32.2. The van der Waals surface area contributed by atoms with Gasteiger partial charge < -0.3 is 10.1 Å². The summed E-state index contributed by atoms with van der Waals surface area (Å²) in [5, 5.41) is 5.12. The van der Waals surface area contributed by atoms with Gasteiger partial charge in [0.25, 0.3) is 10.0 Å². The minimum atomic E-state index is -3.98. The lowest BCUT2D eigenvalue weighted by atomic mass is 10.0. The number of carbonyl (C=O) groups excluding carboxylic acids is 2. The number of hydrogen-bond donors (Lipinski definition) is 3. The third-order valence-electron chi connectivity index (χ3n) is 6.68. The van der Waals surface area contributed by atoms with Crippen LogP contribution in [0.5, 0.6) is 0 Å². The zero-order valence-corrected chi connectivity index (χ0v) is 25.0. The predicted octanol–water partition coefficient (Wildman–Crippen LogP) is 8.54. The molecular weight excluding hydrogens is 526 g/mol. The molecule has 0 heterocycles. The van der Waals surface area contributed by atoms with Crippen LogP contribution in [-0.2, 0) is 14.8 Å². The molecule has 0 aliphatic carbocycles. The zero-order chi connectivity index (χ0) is 29.1. The van der Waals surface area contributed by atoms with Crippen LogP contribution in [0.3, 0.4) is 0 Å². The number of rotatable bonds is 19. The van der Waals surface area contributed by atoms with Crippen molar-refractivity contribution in [3.05, 3.63) is 54.1 Å². The molecule has 8 nitrogen and oxygen atoms in total. The van der Waals surface area contributed by atoms with Crippen LogP contribution in [0.2, 0.25) is 0 Å². The van der Waals surface area contributed by atoms with E-state index < -0.39 is 22.1 Å². The predicted molar refractivity (Wildman–Crippen MR) is 162 cm³/mol. The first-order valence-corrected chi connectivity index (χ1v) is 16.2. The van der Waals surface area contributed by atoms with Crippen LogP contribution < -0.4 is 15.4 Å². The van der Waals surface area contributed by atoms with Gasteiger partial charge in [0.1, 0.15) is 0 Å². The SMILES string of the molecule is CCCCCCCCCCCCCCCCOC(=O)Nc1ccc(NC(=O)NS(=O)(=O)c2ccc(C)cc2)cc1. The molecule has 0 unspecified atom stereocenters. The summed E-state index contributed by atoms with van der Waals surface area (Å²) >= 11 is 0. The van der Waals surface area contributed by atoms with Gasteiger partial charge in [0.05, 0.1) is 11.5 Å². The molecule has 3 N–H and O–H groups in total. The summed E-state index contributed by atoms with van der Waals surface area (Å²) in [6.07, 6.45) is 17.3. The molecule has 0 fully saturated rings. The van der Waals surface area contributed by atoms with Gasteiger partial charge in [0.2, 0.25) is 0 Å². The normalized spacial score (nSPS) is 11.2. The summed E-state index contributed by atoms with van der Waals surface area (Å²) in [4.78, 5) is 24.2. The molecule has 3 amide bonds. The molecule has 9 heteroatoms. The quantitative estimate of drug-likeness (QED) is 0.146. The van der Waals surface area contributed by atoms with E-state index in [4.69, 9.17) is 4.74 Å². The second-order valence-corrected chi connectivity index (χ2v) is 12.0. The van der Waals surface area contributed by atoms with E-state index in [9.17, 15) is 18.0 Å². The Hall–Kier alpha value is -3.07. The fourth-order valence-corrected chi connectivity index (χ4v) is 5.21. The third-order valence-corrected chi connectivity index (χ3v) is 8.03. The number of hydrogen-bond acceptors (Lipinski definition) is 5. The fraction of sp³-hybridized carbons (Fsp3) is 0.548. The second kappa shape index (κ2) is 19.1. The van der Waals surface area contributed by atoms with Gasteiger partial charge in [-0.2, -0.15) is 0 Å². The molecular formula is C31H47N3O5S. The van der Waals surface area contributed by atoms with Gasteiger partial charge in [-0.15, -0.1) is 0 Å². The maximum atomic E-state index is 12.3. The van der Waals surface area contributed by atoms with Crippen molar-refractivity contribution >= 4 is 33.5 Å². The van der Waals surface area contributed by atoms with Crippen molar-refractivity contribution in [3.63, 3.8) is 0 Å². The lowest BCUT2D eigenvalue weighted by Gasteiger charge is -2.10. The van der Waals surface area contributed by atoms with Gasteiger partial charge in [-0.1, -0.05) is 108 Å². The van der Waals surface area contributed by atoms with Crippen molar-refractivity contribution in [2.75, 3.05) is 17.2 Å². The highest BCUT2D eigenvalue weighted by Crippen LogP contribution is 2.16. The van der Waals surface area contributed by atoms with Crippen LogP contribution in [0, 0.1) is 6.92 Å². The number of aryl methyl sites for hydroxylation is 1. The lowest BCUT2D eigenvalue weighted by Crippen LogP contribution is -2.34. The average Bonchev–Trinajstić information content (AvgIpc) is 2.92. The van der Waals surface area contributed by atoms with E-state index >= 15 is 0 Å². The Kier molecular flexibility index (Phi) is 15.8. The molecule has 2 aromatic rings. The molecule has 0 saturated heterocycles. The van der Waals surface area contributed by atoms with E-state index in [2.05, 4.69) is 17.6 Å². The van der Waals surface area contributed by atoms with Crippen LogP contribution in [-0.4, -0.2) is 27.1 Å². The molecule has 2 rings (SSSR count). The molecule has 0 radical (unpaired) electrons. The summed E-state index contributed by atoms with van der Waals surface area (Å²) in [7, 11) is -3.98. The molecule has 0 saturated carbocycles. The highest BCUT2D eigenvalue weighted by molar-refractivity contribution is 7.90. The maximum Gasteiger partial charge on any atom is 0.411 e. The smallest absolute Gasteiger partial charge is 0.411 e. The van der Waals surface area contributed by atoms with Crippen LogP contribution in [0.4, 0.5) is 21.0 Å². The molecule has 0 aromatic heterocycles. The van der Waals surface area contributed by atoms with Crippen molar-refractivity contribution in [1.29, 1.82) is 0 Å². The number of nitrogens with one attached hydrogen (secondary N) is 3.